The van der Waals surface area contributed by atoms with E-state index in [9.17, 15) is 9.59 Å². The number of carbonyl (C=O) groups excluding carboxylic acids is 1. The third-order valence-electron chi connectivity index (χ3n) is 5.99. The van der Waals surface area contributed by atoms with Crippen LogP contribution in [0.15, 0.2) is 94.7 Å². The molecule has 1 amide bonds. The van der Waals surface area contributed by atoms with Gasteiger partial charge in [0.1, 0.15) is 5.75 Å². The second-order valence-corrected chi connectivity index (χ2v) is 10.1. The van der Waals surface area contributed by atoms with Crippen molar-refractivity contribution in [2.45, 2.75) is 17.5 Å². The van der Waals surface area contributed by atoms with Crippen LogP contribution in [-0.4, -0.2) is 23.3 Å². The zero-order valence-corrected chi connectivity index (χ0v) is 20.3. The number of benzene rings is 3. The lowest BCUT2D eigenvalue weighted by molar-refractivity contribution is -0.119. The fraction of sp³-hybridized carbons (Fsp3) is 0.185. The average molecular weight is 489 g/mol. The molecule has 0 saturated heterocycles. The maximum Gasteiger partial charge on any atom is 0.308 e. The van der Waals surface area contributed by atoms with Crippen molar-refractivity contribution in [1.29, 1.82) is 0 Å². The molecule has 0 fully saturated rings. The second-order valence-electron chi connectivity index (χ2n) is 8.10. The Morgan fingerprint density at radius 1 is 1.00 bits per heavy atom. The number of hydrogen-bond acceptors (Lipinski definition) is 5. The molecule has 172 valence electrons. The van der Waals surface area contributed by atoms with Gasteiger partial charge in [-0.1, -0.05) is 78.1 Å². The summed E-state index contributed by atoms with van der Waals surface area (Å²) in [6, 6.07) is 27.2. The highest BCUT2D eigenvalue weighted by molar-refractivity contribution is 7.99. The molecule has 1 aliphatic rings. The standard InChI is InChI=1S/C27H24N2O3S2/c1-32-22-15-9-8-14-20(22)23-21(25(30)28-19-12-6-3-7-13-19)17-33-26-24(23)34-27(31)29(26)16-18-10-4-2-5-11-18/h2-15,21,23H,16-17H2,1H3,(H,28,30)/t21-,23-/m1/s1. The number of ether oxygens (including phenoxy) is 1. The Balaban J connectivity index is 1.58. The molecular formula is C27H24N2O3S2. The lowest BCUT2D eigenvalue weighted by atomic mass is 9.84. The summed E-state index contributed by atoms with van der Waals surface area (Å²) in [6.07, 6.45) is 0. The van der Waals surface area contributed by atoms with Gasteiger partial charge in [-0.3, -0.25) is 14.2 Å². The summed E-state index contributed by atoms with van der Waals surface area (Å²) in [5.74, 6) is 0.608. The van der Waals surface area contributed by atoms with Crippen molar-refractivity contribution in [2.75, 3.05) is 18.2 Å². The molecule has 0 bridgehead atoms. The molecule has 4 aromatic rings. The van der Waals surface area contributed by atoms with Crippen molar-refractivity contribution < 1.29 is 9.53 Å². The van der Waals surface area contributed by atoms with Crippen LogP contribution < -0.4 is 14.9 Å². The van der Waals surface area contributed by atoms with Crippen molar-refractivity contribution in [3.05, 3.63) is 111 Å². The molecule has 0 saturated carbocycles. The van der Waals surface area contributed by atoms with Gasteiger partial charge in [0.25, 0.3) is 0 Å². The SMILES string of the molecule is COc1ccccc1[C@H]1c2sc(=O)n(Cc3ccccc3)c2SC[C@H]1C(=O)Nc1ccccc1. The highest BCUT2D eigenvalue weighted by Crippen LogP contribution is 2.48. The Hall–Kier alpha value is -3.29. The van der Waals surface area contributed by atoms with Gasteiger partial charge in [0.05, 0.1) is 24.6 Å². The lowest BCUT2D eigenvalue weighted by Crippen LogP contribution is -2.33. The molecule has 34 heavy (non-hydrogen) atoms. The summed E-state index contributed by atoms with van der Waals surface area (Å²) >= 11 is 2.82. The highest BCUT2D eigenvalue weighted by atomic mass is 32.2. The first kappa shape index (κ1) is 22.5. The number of hydrogen-bond donors (Lipinski definition) is 1. The van der Waals surface area contributed by atoms with Crippen molar-refractivity contribution in [3.8, 4) is 5.75 Å². The smallest absolute Gasteiger partial charge is 0.308 e. The quantitative estimate of drug-likeness (QED) is 0.392. The number of para-hydroxylation sites is 2. The molecule has 2 heterocycles. The van der Waals surface area contributed by atoms with E-state index >= 15 is 0 Å². The van der Waals surface area contributed by atoms with Gasteiger partial charge in [-0.05, 0) is 23.8 Å². The van der Waals surface area contributed by atoms with E-state index in [2.05, 4.69) is 5.32 Å². The van der Waals surface area contributed by atoms with E-state index in [0.717, 1.165) is 32.5 Å². The number of fused-ring (bicyclic) bond motifs is 1. The van der Waals surface area contributed by atoms with Gasteiger partial charge in [-0.25, -0.2) is 0 Å². The third-order valence-corrected chi connectivity index (χ3v) is 8.42. The van der Waals surface area contributed by atoms with Crippen LogP contribution in [0.1, 0.15) is 21.9 Å². The molecule has 1 N–H and O–H groups in total. The van der Waals surface area contributed by atoms with E-state index in [1.807, 2.05) is 89.5 Å². The monoisotopic (exact) mass is 488 g/mol. The Kier molecular flexibility index (Phi) is 6.56. The van der Waals surface area contributed by atoms with E-state index < -0.39 is 0 Å². The third kappa shape index (κ3) is 4.41. The summed E-state index contributed by atoms with van der Waals surface area (Å²) in [5.41, 5.74) is 2.76. The van der Waals surface area contributed by atoms with Crippen LogP contribution in [0.2, 0.25) is 0 Å². The Morgan fingerprint density at radius 3 is 2.41 bits per heavy atom. The Labute approximate surface area is 206 Å². The van der Waals surface area contributed by atoms with E-state index in [1.165, 1.54) is 11.3 Å². The van der Waals surface area contributed by atoms with Gasteiger partial charge in [-0.15, -0.1) is 11.8 Å². The maximum atomic E-state index is 13.5. The molecule has 5 nitrogen and oxygen atoms in total. The number of thioether (sulfide) groups is 1. The Morgan fingerprint density at radius 2 is 1.68 bits per heavy atom. The fourth-order valence-electron chi connectivity index (χ4n) is 4.37. The van der Waals surface area contributed by atoms with Gasteiger partial charge in [0.2, 0.25) is 5.91 Å². The molecule has 3 aromatic carbocycles. The number of anilines is 1. The summed E-state index contributed by atoms with van der Waals surface area (Å²) in [7, 11) is 1.64. The van der Waals surface area contributed by atoms with Crippen molar-refractivity contribution in [2.24, 2.45) is 5.92 Å². The molecule has 0 aliphatic carbocycles. The number of aromatic nitrogens is 1. The predicted molar refractivity (Wildman–Crippen MR) is 138 cm³/mol. The topological polar surface area (TPSA) is 60.3 Å². The fourth-order valence-corrected chi connectivity index (χ4v) is 7.05. The van der Waals surface area contributed by atoms with Crippen molar-refractivity contribution >= 4 is 34.7 Å². The summed E-state index contributed by atoms with van der Waals surface area (Å²) in [5, 5.41) is 4.01. The number of nitrogens with one attached hydrogen (secondary N) is 1. The highest BCUT2D eigenvalue weighted by Gasteiger charge is 2.40. The van der Waals surface area contributed by atoms with Gasteiger partial charge in [0.15, 0.2) is 0 Å². The minimum atomic E-state index is -0.350. The first-order valence-electron chi connectivity index (χ1n) is 11.0. The summed E-state index contributed by atoms with van der Waals surface area (Å²) < 4.78 is 7.51. The van der Waals surface area contributed by atoms with Crippen molar-refractivity contribution in [1.82, 2.24) is 4.57 Å². The number of nitrogens with zero attached hydrogens (tertiary/aromatic N) is 1. The number of methoxy groups -OCH3 is 1. The Bertz CT molecular complexity index is 1350. The second kappa shape index (κ2) is 9.91. The largest absolute Gasteiger partial charge is 0.496 e. The van der Waals surface area contributed by atoms with Gasteiger partial charge >= 0.3 is 4.87 Å². The van der Waals surface area contributed by atoms with Crippen molar-refractivity contribution in [3.63, 3.8) is 0 Å². The van der Waals surface area contributed by atoms with Crippen LogP contribution in [0.3, 0.4) is 0 Å². The van der Waals surface area contributed by atoms with Crippen LogP contribution in [0.4, 0.5) is 5.69 Å². The molecular weight excluding hydrogens is 464 g/mol. The van der Waals surface area contributed by atoms with Crippen LogP contribution in [-0.2, 0) is 11.3 Å². The molecule has 5 rings (SSSR count). The molecule has 0 unspecified atom stereocenters. The number of carbonyl (C=O) groups is 1. The molecule has 7 heteroatoms. The average Bonchev–Trinajstić information content (AvgIpc) is 3.19. The number of amides is 1. The minimum Gasteiger partial charge on any atom is -0.496 e. The van der Waals surface area contributed by atoms with Gasteiger partial charge in [-0.2, -0.15) is 0 Å². The first-order chi connectivity index (χ1) is 16.7. The first-order valence-corrected chi connectivity index (χ1v) is 12.8. The van der Waals surface area contributed by atoms with Crippen LogP contribution in [0.25, 0.3) is 0 Å². The lowest BCUT2D eigenvalue weighted by Gasteiger charge is -2.31. The van der Waals surface area contributed by atoms with E-state index in [-0.39, 0.29) is 22.6 Å². The molecule has 0 spiro atoms. The maximum absolute atomic E-state index is 13.5. The minimum absolute atomic E-state index is 0.00892. The van der Waals surface area contributed by atoms with E-state index in [1.54, 1.807) is 18.9 Å². The number of thiazole rings is 1. The zero-order chi connectivity index (χ0) is 23.5. The summed E-state index contributed by atoms with van der Waals surface area (Å²) in [4.78, 5) is 27.6. The van der Waals surface area contributed by atoms with Crippen LogP contribution >= 0.6 is 23.1 Å². The molecule has 1 aliphatic heterocycles. The van der Waals surface area contributed by atoms with E-state index in [4.69, 9.17) is 4.74 Å². The molecule has 0 radical (unpaired) electrons. The molecule has 1 aromatic heterocycles. The van der Waals surface area contributed by atoms with E-state index in [0.29, 0.717) is 12.3 Å². The van der Waals surface area contributed by atoms with Gasteiger partial charge in [0, 0.05) is 27.8 Å². The van der Waals surface area contributed by atoms with Crippen LogP contribution in [0.5, 0.6) is 5.75 Å². The van der Waals surface area contributed by atoms with Gasteiger partial charge < -0.3 is 10.1 Å². The summed E-state index contributed by atoms with van der Waals surface area (Å²) in [6.45, 7) is 0.512. The molecule has 2 atom stereocenters. The normalized spacial score (nSPS) is 17.1. The number of rotatable bonds is 6. The predicted octanol–water partition coefficient (Wildman–Crippen LogP) is 5.46. The zero-order valence-electron chi connectivity index (χ0n) is 18.6. The van der Waals surface area contributed by atoms with Crippen LogP contribution in [0, 0.1) is 5.92 Å².